The summed E-state index contributed by atoms with van der Waals surface area (Å²) in [5.41, 5.74) is 11.3. The van der Waals surface area contributed by atoms with Crippen LogP contribution >= 0.6 is 0 Å². The van der Waals surface area contributed by atoms with E-state index < -0.39 is 12.0 Å². The van der Waals surface area contributed by atoms with Crippen LogP contribution < -0.4 is 10.5 Å². The van der Waals surface area contributed by atoms with E-state index in [1.165, 1.54) is 5.56 Å². The minimum Gasteiger partial charge on any atom is -0.489 e. The van der Waals surface area contributed by atoms with Crippen LogP contribution in [0.1, 0.15) is 45.7 Å². The van der Waals surface area contributed by atoms with Gasteiger partial charge in [-0.1, -0.05) is 35.9 Å². The van der Waals surface area contributed by atoms with Gasteiger partial charge in [0.25, 0.3) is 5.91 Å². The van der Waals surface area contributed by atoms with Crippen LogP contribution in [-0.2, 0) is 17.8 Å². The van der Waals surface area contributed by atoms with Gasteiger partial charge in [0.1, 0.15) is 11.9 Å². The number of amides is 2. The Hall–Kier alpha value is -3.69. The Morgan fingerprint density at radius 2 is 1.79 bits per heavy atom. The first-order valence-electron chi connectivity index (χ1n) is 12.9. The van der Waals surface area contributed by atoms with Gasteiger partial charge in [-0.05, 0) is 44.0 Å². The van der Waals surface area contributed by atoms with Gasteiger partial charge in [-0.2, -0.15) is 5.10 Å². The molecule has 0 saturated carbocycles. The van der Waals surface area contributed by atoms with Gasteiger partial charge in [0, 0.05) is 37.2 Å². The maximum atomic E-state index is 12.8. The van der Waals surface area contributed by atoms with Crippen molar-refractivity contribution in [3.63, 3.8) is 0 Å². The second-order valence-corrected chi connectivity index (χ2v) is 10.00. The molecule has 1 saturated heterocycles. The van der Waals surface area contributed by atoms with Crippen LogP contribution in [-0.4, -0.2) is 68.6 Å². The first kappa shape index (κ1) is 27.3. The van der Waals surface area contributed by atoms with Crippen LogP contribution in [0.4, 0.5) is 0 Å². The molecule has 1 atom stereocenters. The Morgan fingerprint density at radius 3 is 2.42 bits per heavy atom. The zero-order valence-corrected chi connectivity index (χ0v) is 22.2. The van der Waals surface area contributed by atoms with Crippen LogP contribution in [0.5, 0.6) is 5.75 Å². The molecule has 38 heavy (non-hydrogen) atoms. The van der Waals surface area contributed by atoms with E-state index in [4.69, 9.17) is 10.5 Å². The molecule has 4 N–H and O–H groups in total. The molecule has 0 bridgehead atoms. The number of hydrogen-bond acceptors (Lipinski definition) is 6. The molecule has 0 spiro atoms. The van der Waals surface area contributed by atoms with Crippen molar-refractivity contribution in [1.29, 1.82) is 0 Å². The molecule has 2 aromatic carbocycles. The molecule has 9 heteroatoms. The highest BCUT2D eigenvalue weighted by molar-refractivity contribution is 5.97. The van der Waals surface area contributed by atoms with Crippen molar-refractivity contribution in [3.05, 3.63) is 70.5 Å². The van der Waals surface area contributed by atoms with Crippen molar-refractivity contribution in [3.8, 4) is 16.9 Å². The number of nitrogens with zero attached hydrogens (tertiary/aromatic N) is 3. The molecule has 0 aliphatic carbocycles. The van der Waals surface area contributed by atoms with Crippen molar-refractivity contribution in [1.82, 2.24) is 14.7 Å². The highest BCUT2D eigenvalue weighted by Crippen LogP contribution is 2.32. The Labute approximate surface area is 222 Å². The van der Waals surface area contributed by atoms with E-state index in [1.807, 2.05) is 56.0 Å². The van der Waals surface area contributed by atoms with E-state index in [2.05, 4.69) is 5.10 Å². The lowest BCUT2D eigenvalue weighted by Gasteiger charge is -2.32. The lowest BCUT2D eigenvalue weighted by atomic mass is 10.00. The third kappa shape index (κ3) is 6.23. The highest BCUT2D eigenvalue weighted by Gasteiger charge is 2.26. The van der Waals surface area contributed by atoms with E-state index in [9.17, 15) is 19.8 Å². The fourth-order valence-electron chi connectivity index (χ4n) is 4.93. The number of piperidine rings is 1. The molecule has 1 aliphatic rings. The number of aliphatic hydroxyl groups is 2. The topological polar surface area (TPSA) is 131 Å². The number of rotatable bonds is 9. The largest absolute Gasteiger partial charge is 0.489 e. The summed E-state index contributed by atoms with van der Waals surface area (Å²) in [5, 5.41) is 23.5. The predicted molar refractivity (Wildman–Crippen MR) is 144 cm³/mol. The van der Waals surface area contributed by atoms with Crippen molar-refractivity contribution >= 4 is 11.8 Å². The molecule has 1 fully saturated rings. The molecule has 2 heterocycles. The van der Waals surface area contributed by atoms with Crippen LogP contribution in [0.2, 0.25) is 0 Å². The Kier molecular flexibility index (Phi) is 8.48. The van der Waals surface area contributed by atoms with E-state index in [-0.39, 0.29) is 30.7 Å². The van der Waals surface area contributed by atoms with Crippen LogP contribution in [0.3, 0.4) is 0 Å². The molecule has 3 aromatic rings. The Bertz CT molecular complexity index is 1290. The first-order valence-corrected chi connectivity index (χ1v) is 12.9. The summed E-state index contributed by atoms with van der Waals surface area (Å²) in [5.74, 6) is -0.0673. The van der Waals surface area contributed by atoms with E-state index >= 15 is 0 Å². The molecule has 2 amide bonds. The van der Waals surface area contributed by atoms with Gasteiger partial charge in [0.05, 0.1) is 36.9 Å². The summed E-state index contributed by atoms with van der Waals surface area (Å²) in [4.78, 5) is 27.0. The number of likely N-dealkylation sites (tertiary alicyclic amines) is 1. The second-order valence-electron chi connectivity index (χ2n) is 10.00. The SMILES string of the molecule is Cc1ccc(CC(=O)N2CCC(Oc3ccc(-c4c(C)nn(C[C@H](O)CO)c4C)cc3C(N)=O)CC2)cc1. The fraction of sp³-hybridized carbons (Fsp3) is 0.414. The van der Waals surface area contributed by atoms with Crippen molar-refractivity contribution < 1.29 is 24.5 Å². The fourth-order valence-corrected chi connectivity index (χ4v) is 4.93. The summed E-state index contributed by atoms with van der Waals surface area (Å²) in [7, 11) is 0. The molecule has 9 nitrogen and oxygen atoms in total. The Balaban J connectivity index is 1.43. The maximum absolute atomic E-state index is 12.8. The molecular weight excluding hydrogens is 484 g/mol. The summed E-state index contributed by atoms with van der Waals surface area (Å²) in [6.45, 7) is 6.75. The summed E-state index contributed by atoms with van der Waals surface area (Å²) >= 11 is 0. The maximum Gasteiger partial charge on any atom is 0.252 e. The summed E-state index contributed by atoms with van der Waals surface area (Å²) in [6.07, 6.45) is 0.666. The monoisotopic (exact) mass is 520 g/mol. The van der Waals surface area contributed by atoms with Crippen LogP contribution in [0.15, 0.2) is 42.5 Å². The minimum atomic E-state index is -0.915. The minimum absolute atomic E-state index is 0.104. The third-order valence-electron chi connectivity index (χ3n) is 7.07. The number of carbonyl (C=O) groups excluding carboxylic acids is 2. The number of aryl methyl sites for hydroxylation is 2. The average molecular weight is 521 g/mol. The predicted octanol–water partition coefficient (Wildman–Crippen LogP) is 2.54. The number of nitrogens with two attached hydrogens (primary N) is 1. The van der Waals surface area contributed by atoms with Gasteiger partial charge in [-0.15, -0.1) is 0 Å². The number of hydrogen-bond donors (Lipinski definition) is 3. The van der Waals surface area contributed by atoms with Crippen LogP contribution in [0, 0.1) is 20.8 Å². The molecule has 4 rings (SSSR count). The number of carbonyl (C=O) groups is 2. The van der Waals surface area contributed by atoms with Gasteiger partial charge >= 0.3 is 0 Å². The number of aromatic nitrogens is 2. The Morgan fingerprint density at radius 1 is 1.11 bits per heavy atom. The highest BCUT2D eigenvalue weighted by atomic mass is 16.5. The smallest absolute Gasteiger partial charge is 0.252 e. The lowest BCUT2D eigenvalue weighted by Crippen LogP contribution is -2.42. The van der Waals surface area contributed by atoms with Gasteiger partial charge in [-0.25, -0.2) is 0 Å². The molecule has 0 unspecified atom stereocenters. The number of ether oxygens (including phenoxy) is 1. The van der Waals surface area contributed by atoms with Crippen molar-refractivity contribution in [2.75, 3.05) is 19.7 Å². The zero-order valence-electron chi connectivity index (χ0n) is 22.2. The van der Waals surface area contributed by atoms with Gasteiger partial charge in [0.15, 0.2) is 0 Å². The lowest BCUT2D eigenvalue weighted by molar-refractivity contribution is -0.132. The van der Waals surface area contributed by atoms with E-state index in [1.54, 1.807) is 16.8 Å². The molecule has 1 aromatic heterocycles. The standard InChI is InChI=1S/C29H36N4O5/c1-18-4-6-21(7-5-18)14-27(36)32-12-10-24(11-13-32)38-26-9-8-22(15-25(26)29(30)37)28-19(2)31-33(20(28)3)16-23(35)17-34/h4-9,15,23-24,34-35H,10-14,16-17H2,1-3H3,(H2,30,37)/t23-/m0/s1. The second kappa shape index (κ2) is 11.8. The van der Waals surface area contributed by atoms with Gasteiger partial charge in [0.2, 0.25) is 5.91 Å². The van der Waals surface area contributed by atoms with E-state index in [0.29, 0.717) is 38.1 Å². The number of benzene rings is 2. The average Bonchev–Trinajstić information content (AvgIpc) is 3.18. The molecule has 1 aliphatic heterocycles. The zero-order chi connectivity index (χ0) is 27.4. The first-order chi connectivity index (χ1) is 18.2. The summed E-state index contributed by atoms with van der Waals surface area (Å²) in [6, 6.07) is 13.3. The molecular formula is C29H36N4O5. The normalized spacial score (nSPS) is 14.9. The van der Waals surface area contributed by atoms with E-state index in [0.717, 1.165) is 28.1 Å². The quantitative estimate of drug-likeness (QED) is 0.397. The third-order valence-corrected chi connectivity index (χ3v) is 7.07. The molecule has 202 valence electrons. The van der Waals surface area contributed by atoms with Gasteiger partial charge in [-0.3, -0.25) is 14.3 Å². The van der Waals surface area contributed by atoms with Crippen molar-refractivity contribution in [2.24, 2.45) is 5.73 Å². The number of primary amides is 1. The number of aliphatic hydroxyl groups excluding tert-OH is 2. The van der Waals surface area contributed by atoms with Gasteiger partial charge < -0.3 is 25.6 Å². The van der Waals surface area contributed by atoms with Crippen molar-refractivity contribution in [2.45, 2.75) is 58.8 Å². The van der Waals surface area contributed by atoms with Crippen LogP contribution in [0.25, 0.3) is 11.1 Å². The molecule has 0 radical (unpaired) electrons. The summed E-state index contributed by atoms with van der Waals surface area (Å²) < 4.78 is 7.86.